The van der Waals surface area contributed by atoms with E-state index >= 15 is 0 Å². The Morgan fingerprint density at radius 3 is 2.73 bits per heavy atom. The van der Waals surface area contributed by atoms with Gasteiger partial charge in [0.2, 0.25) is 0 Å². The molecule has 1 aliphatic heterocycles. The van der Waals surface area contributed by atoms with Crippen molar-refractivity contribution >= 4 is 5.82 Å². The van der Waals surface area contributed by atoms with Crippen LogP contribution in [0.5, 0.6) is 0 Å². The highest BCUT2D eigenvalue weighted by Crippen LogP contribution is 2.33. The predicted octanol–water partition coefficient (Wildman–Crippen LogP) is 0.838. The second kappa shape index (κ2) is 7.90. The van der Waals surface area contributed by atoms with Gasteiger partial charge in [-0.1, -0.05) is 0 Å². The predicted molar refractivity (Wildman–Crippen MR) is 96.9 cm³/mol. The Bertz CT molecular complexity index is 789. The van der Waals surface area contributed by atoms with Crippen molar-refractivity contribution in [1.29, 1.82) is 5.26 Å². The molecule has 1 saturated heterocycles. The number of nitrogens with zero attached hydrogens (tertiary/aromatic N) is 1. The highest BCUT2D eigenvalue weighted by molar-refractivity contribution is 5.64. The Hall–Kier alpha value is -2.36. The van der Waals surface area contributed by atoms with Crippen LogP contribution in [0.25, 0.3) is 11.5 Å². The Morgan fingerprint density at radius 2 is 2.00 bits per heavy atom. The third-order valence-electron chi connectivity index (χ3n) is 5.43. The second-order valence-corrected chi connectivity index (χ2v) is 7.04. The van der Waals surface area contributed by atoms with Crippen LogP contribution in [0.15, 0.2) is 22.8 Å². The zero-order valence-electron chi connectivity index (χ0n) is 15.1. The number of anilines is 1. The molecule has 0 amide bonds. The van der Waals surface area contributed by atoms with Crippen molar-refractivity contribution in [2.24, 2.45) is 0 Å². The van der Waals surface area contributed by atoms with E-state index in [9.17, 15) is 5.26 Å². The first-order chi connectivity index (χ1) is 12.9. The van der Waals surface area contributed by atoms with Crippen molar-refractivity contribution in [2.45, 2.75) is 25.7 Å². The quantitative estimate of drug-likeness (QED) is 0.834. The number of rotatable bonds is 5. The Labute approximate surface area is 153 Å². The molecule has 4 rings (SSSR count). The molecule has 136 valence electrons. The number of ether oxygens (including phenoxy) is 1. The van der Waals surface area contributed by atoms with Crippen molar-refractivity contribution in [3.05, 3.63) is 35.1 Å². The zero-order chi connectivity index (χ0) is 17.8. The van der Waals surface area contributed by atoms with Gasteiger partial charge in [0, 0.05) is 5.56 Å². The lowest BCUT2D eigenvalue weighted by molar-refractivity contribution is -0.906. The topological polar surface area (TPSA) is 76.8 Å². The smallest absolute Gasteiger partial charge is 0.291 e. The Balaban J connectivity index is 1.60. The lowest BCUT2D eigenvalue weighted by Crippen LogP contribution is -3.14. The van der Waals surface area contributed by atoms with Crippen molar-refractivity contribution in [3.8, 4) is 17.5 Å². The minimum absolute atomic E-state index is 0.770. The van der Waals surface area contributed by atoms with E-state index in [0.717, 1.165) is 87.9 Å². The van der Waals surface area contributed by atoms with E-state index in [4.69, 9.17) is 9.15 Å². The van der Waals surface area contributed by atoms with Gasteiger partial charge < -0.3 is 14.1 Å². The van der Waals surface area contributed by atoms with E-state index in [2.05, 4.69) is 16.4 Å². The highest BCUT2D eigenvalue weighted by atomic mass is 16.5. The fourth-order valence-corrected chi connectivity index (χ4v) is 4.03. The number of nitriles is 1. The monoisotopic (exact) mass is 354 g/mol. The van der Waals surface area contributed by atoms with Gasteiger partial charge in [-0.05, 0) is 43.4 Å². The first kappa shape index (κ1) is 17.1. The minimum Gasteiger partial charge on any atom is -0.461 e. The van der Waals surface area contributed by atoms with E-state index in [-0.39, 0.29) is 0 Å². The van der Waals surface area contributed by atoms with Gasteiger partial charge in [0.05, 0.1) is 19.5 Å². The number of nitrogens with one attached hydrogen (secondary N) is 3. The molecule has 6 nitrogen and oxygen atoms in total. The van der Waals surface area contributed by atoms with Crippen LogP contribution in [0.4, 0.5) is 5.82 Å². The SMILES string of the molecule is N#Cc1c(NCC[NH+]2CCOCC2)[nH+]c(-c2ccco2)c2c1CCCC2. The van der Waals surface area contributed by atoms with Gasteiger partial charge in [-0.25, -0.2) is 4.98 Å². The maximum absolute atomic E-state index is 9.79. The summed E-state index contributed by atoms with van der Waals surface area (Å²) in [5, 5.41) is 13.3. The molecule has 0 radical (unpaired) electrons. The summed E-state index contributed by atoms with van der Waals surface area (Å²) >= 11 is 0. The molecule has 0 aromatic carbocycles. The summed E-state index contributed by atoms with van der Waals surface area (Å²) in [6.45, 7) is 5.64. The molecule has 3 N–H and O–H groups in total. The number of quaternary nitrogens is 1. The number of hydrogen-bond acceptors (Lipinski definition) is 4. The third-order valence-corrected chi connectivity index (χ3v) is 5.43. The van der Waals surface area contributed by atoms with E-state index in [1.165, 1.54) is 11.1 Å². The lowest BCUT2D eigenvalue weighted by Gasteiger charge is -2.23. The molecule has 3 heterocycles. The number of fused-ring (bicyclic) bond motifs is 1. The van der Waals surface area contributed by atoms with Crippen LogP contribution in [0.3, 0.4) is 0 Å². The molecule has 0 spiro atoms. The van der Waals surface area contributed by atoms with Crippen LogP contribution < -0.4 is 15.2 Å². The Kier molecular flexibility index (Phi) is 5.19. The van der Waals surface area contributed by atoms with Crippen LogP contribution in [0.1, 0.15) is 29.5 Å². The van der Waals surface area contributed by atoms with Crippen molar-refractivity contribution in [3.63, 3.8) is 0 Å². The van der Waals surface area contributed by atoms with Crippen LogP contribution >= 0.6 is 0 Å². The lowest BCUT2D eigenvalue weighted by atomic mass is 9.87. The van der Waals surface area contributed by atoms with Gasteiger partial charge in [-0.15, -0.1) is 0 Å². The van der Waals surface area contributed by atoms with Crippen LogP contribution in [0.2, 0.25) is 0 Å². The third kappa shape index (κ3) is 3.46. The molecular weight excluding hydrogens is 328 g/mol. The largest absolute Gasteiger partial charge is 0.461 e. The van der Waals surface area contributed by atoms with Gasteiger partial charge in [0.1, 0.15) is 37.8 Å². The van der Waals surface area contributed by atoms with Crippen molar-refractivity contribution in [2.75, 3.05) is 44.7 Å². The molecule has 26 heavy (non-hydrogen) atoms. The molecular formula is C20H26N4O2+2. The first-order valence-electron chi connectivity index (χ1n) is 9.57. The number of H-pyrrole nitrogens is 1. The molecule has 0 saturated carbocycles. The molecule has 2 aromatic heterocycles. The van der Waals surface area contributed by atoms with E-state index in [1.54, 1.807) is 11.2 Å². The van der Waals surface area contributed by atoms with E-state index < -0.39 is 0 Å². The number of pyridine rings is 1. The summed E-state index contributed by atoms with van der Waals surface area (Å²) in [6.07, 6.45) is 5.96. The number of hydrogen-bond donors (Lipinski definition) is 2. The van der Waals surface area contributed by atoms with E-state index in [0.29, 0.717) is 0 Å². The average molecular weight is 354 g/mol. The fourth-order valence-electron chi connectivity index (χ4n) is 4.03. The summed E-state index contributed by atoms with van der Waals surface area (Å²) < 4.78 is 11.1. The fraction of sp³-hybridized carbons (Fsp3) is 0.500. The summed E-state index contributed by atoms with van der Waals surface area (Å²) in [6, 6.07) is 6.32. The zero-order valence-corrected chi connectivity index (χ0v) is 15.1. The van der Waals surface area contributed by atoms with Gasteiger partial charge in [0.15, 0.2) is 11.5 Å². The highest BCUT2D eigenvalue weighted by Gasteiger charge is 2.27. The standard InChI is InChI=1S/C20H24N4O2/c21-14-17-15-4-1-2-5-16(15)19(18-6-3-11-26-18)23-20(17)22-7-8-24-9-12-25-13-10-24/h3,6,11H,1-2,4-5,7-10,12-13H2,(H,22,23)/p+2. The Morgan fingerprint density at radius 1 is 1.19 bits per heavy atom. The number of morpholine rings is 1. The molecule has 2 aromatic rings. The summed E-state index contributed by atoms with van der Waals surface area (Å²) in [5.74, 6) is 1.67. The maximum Gasteiger partial charge on any atom is 0.291 e. The second-order valence-electron chi connectivity index (χ2n) is 7.04. The van der Waals surface area contributed by atoms with Crippen LogP contribution in [0, 0.1) is 11.3 Å². The molecule has 6 heteroatoms. The number of aromatic nitrogens is 1. The normalized spacial score (nSPS) is 17.5. The number of aromatic amines is 1. The van der Waals surface area contributed by atoms with Crippen LogP contribution in [-0.4, -0.2) is 39.4 Å². The van der Waals surface area contributed by atoms with E-state index in [1.807, 2.05) is 12.1 Å². The average Bonchev–Trinajstić information content (AvgIpc) is 3.23. The molecule has 0 bridgehead atoms. The molecule has 0 atom stereocenters. The van der Waals surface area contributed by atoms with Gasteiger partial charge >= 0.3 is 0 Å². The van der Waals surface area contributed by atoms with Gasteiger partial charge in [-0.3, -0.25) is 5.32 Å². The molecule has 1 fully saturated rings. The van der Waals surface area contributed by atoms with Crippen molar-refractivity contribution < 1.29 is 19.0 Å². The molecule has 1 aliphatic carbocycles. The minimum atomic E-state index is 0.770. The maximum atomic E-state index is 9.79. The van der Waals surface area contributed by atoms with Crippen LogP contribution in [-0.2, 0) is 17.6 Å². The first-order valence-corrected chi connectivity index (χ1v) is 9.57. The number of furan rings is 1. The summed E-state index contributed by atoms with van der Waals surface area (Å²) in [7, 11) is 0. The molecule has 0 unspecified atom stereocenters. The van der Waals surface area contributed by atoms with Crippen molar-refractivity contribution in [1.82, 2.24) is 0 Å². The van der Waals surface area contributed by atoms with Gasteiger partial charge in [0.25, 0.3) is 5.82 Å². The summed E-state index contributed by atoms with van der Waals surface area (Å²) in [4.78, 5) is 5.02. The summed E-state index contributed by atoms with van der Waals surface area (Å²) in [5.41, 5.74) is 4.22. The van der Waals surface area contributed by atoms with Gasteiger partial charge in [-0.2, -0.15) is 5.26 Å². The molecule has 2 aliphatic rings.